The van der Waals surface area contributed by atoms with Crippen molar-refractivity contribution in [3.63, 3.8) is 0 Å². The second-order valence-corrected chi connectivity index (χ2v) is 1.43. The molecule has 10 heavy (non-hydrogen) atoms. The molecule has 0 spiro atoms. The van der Waals surface area contributed by atoms with Crippen LogP contribution in [0.4, 0.5) is 0 Å². The van der Waals surface area contributed by atoms with Crippen LogP contribution in [0.1, 0.15) is 6.92 Å². The Morgan fingerprint density at radius 3 is 2.60 bits per heavy atom. The summed E-state index contributed by atoms with van der Waals surface area (Å²) in [4.78, 5) is 18.3. The minimum atomic E-state index is -0.260. The molecule has 0 fully saturated rings. The van der Waals surface area contributed by atoms with Crippen molar-refractivity contribution in [2.45, 2.75) is 6.92 Å². The Kier molecular flexibility index (Phi) is 3.86. The minimum Gasteiger partial charge on any atom is -0.318 e. The highest BCUT2D eigenvalue weighted by molar-refractivity contribution is 5.92. The lowest BCUT2D eigenvalue weighted by atomic mass is 10.7. The first-order valence-corrected chi connectivity index (χ1v) is 2.58. The van der Waals surface area contributed by atoms with E-state index in [9.17, 15) is 4.79 Å². The number of nitrogens with one attached hydrogen (secondary N) is 1. The van der Waals surface area contributed by atoms with Crippen molar-refractivity contribution in [1.29, 1.82) is 0 Å². The number of hydrogen-bond acceptors (Lipinski definition) is 4. The summed E-state index contributed by atoms with van der Waals surface area (Å²) in [7, 11) is 1.47. The highest BCUT2D eigenvalue weighted by Crippen LogP contribution is 1.76. The van der Waals surface area contributed by atoms with Gasteiger partial charge in [-0.25, -0.2) is 4.99 Å². The number of carbonyl (C=O) groups is 1. The minimum absolute atomic E-state index is 0.0440. The van der Waals surface area contributed by atoms with Gasteiger partial charge in [0.15, 0.2) is 0 Å². The second-order valence-electron chi connectivity index (χ2n) is 1.43. The molecule has 1 amide bonds. The van der Waals surface area contributed by atoms with Gasteiger partial charge in [-0.1, -0.05) is 5.16 Å². The van der Waals surface area contributed by atoms with Crippen molar-refractivity contribution in [1.82, 2.24) is 5.32 Å². The average molecular weight is 143 g/mol. The summed E-state index contributed by atoms with van der Waals surface area (Å²) < 4.78 is 0. The van der Waals surface area contributed by atoms with Gasteiger partial charge >= 0.3 is 6.02 Å². The molecule has 5 nitrogen and oxygen atoms in total. The zero-order valence-corrected chi connectivity index (χ0v) is 5.92. The number of amides is 1. The van der Waals surface area contributed by atoms with Crippen LogP contribution in [-0.2, 0) is 9.63 Å². The van der Waals surface area contributed by atoms with Crippen LogP contribution in [0.2, 0.25) is 0 Å². The molecule has 56 valence electrons. The zero-order chi connectivity index (χ0) is 7.98. The number of oxime groups is 1. The molecule has 0 saturated heterocycles. The average Bonchev–Trinajstić information content (AvgIpc) is 1.86. The van der Waals surface area contributed by atoms with E-state index < -0.39 is 0 Å². The highest BCUT2D eigenvalue weighted by atomic mass is 16.6. The van der Waals surface area contributed by atoms with E-state index in [2.05, 4.69) is 27.0 Å². The van der Waals surface area contributed by atoms with Crippen LogP contribution in [0.25, 0.3) is 0 Å². The highest BCUT2D eigenvalue weighted by Gasteiger charge is 1.98. The first-order chi connectivity index (χ1) is 4.70. The van der Waals surface area contributed by atoms with Crippen LogP contribution in [0.5, 0.6) is 0 Å². The lowest BCUT2D eigenvalue weighted by Crippen LogP contribution is -2.28. The predicted molar refractivity (Wildman–Crippen MR) is 37.8 cm³/mol. The van der Waals surface area contributed by atoms with Crippen molar-refractivity contribution in [2.24, 2.45) is 10.1 Å². The molecular weight excluding hydrogens is 134 g/mol. The summed E-state index contributed by atoms with van der Waals surface area (Å²) in [6.07, 6.45) is 0. The molecule has 0 heterocycles. The molecular formula is C5H9N3O2. The smallest absolute Gasteiger partial charge is 0.318 e. The van der Waals surface area contributed by atoms with Crippen molar-refractivity contribution >= 4 is 18.6 Å². The van der Waals surface area contributed by atoms with E-state index in [0.29, 0.717) is 0 Å². The lowest BCUT2D eigenvalue weighted by Gasteiger charge is -1.99. The van der Waals surface area contributed by atoms with Gasteiger partial charge in [-0.05, 0) is 0 Å². The molecule has 0 aliphatic carbocycles. The largest absolute Gasteiger partial charge is 0.321 e. The van der Waals surface area contributed by atoms with Crippen LogP contribution in [0.15, 0.2) is 10.1 Å². The Morgan fingerprint density at radius 2 is 2.30 bits per heavy atom. The van der Waals surface area contributed by atoms with E-state index >= 15 is 0 Å². The van der Waals surface area contributed by atoms with Gasteiger partial charge in [0.25, 0.3) is 0 Å². The molecule has 0 bridgehead atoms. The summed E-state index contributed by atoms with van der Waals surface area (Å²) in [6, 6.07) is 0.0440. The second kappa shape index (κ2) is 4.49. The Bertz CT molecular complexity index is 164. The van der Waals surface area contributed by atoms with Crippen LogP contribution < -0.4 is 5.32 Å². The molecule has 5 heteroatoms. The van der Waals surface area contributed by atoms with E-state index in [0.717, 1.165) is 0 Å². The van der Waals surface area contributed by atoms with Crippen molar-refractivity contribution < 1.29 is 9.63 Å². The number of carbonyl (C=O) groups excluding carboxylic acids is 1. The van der Waals surface area contributed by atoms with E-state index in [1.165, 1.54) is 14.0 Å². The third-order valence-electron chi connectivity index (χ3n) is 0.637. The third-order valence-corrected chi connectivity index (χ3v) is 0.637. The van der Waals surface area contributed by atoms with Gasteiger partial charge in [0, 0.05) is 20.7 Å². The standard InChI is InChI=1S/C5H9N3O2/c1-4(9)8-5(6-2)10-7-3/h3H2,1-2H3,(H,6,8,9). The SMILES string of the molecule is C=NO/C(=N\C)NC(C)=O. The first-order valence-electron chi connectivity index (χ1n) is 2.58. The van der Waals surface area contributed by atoms with E-state index in [1.807, 2.05) is 0 Å². The molecule has 0 saturated carbocycles. The third kappa shape index (κ3) is 3.59. The monoisotopic (exact) mass is 143 g/mol. The van der Waals surface area contributed by atoms with Crippen molar-refractivity contribution in [2.75, 3.05) is 7.05 Å². The molecule has 0 radical (unpaired) electrons. The van der Waals surface area contributed by atoms with E-state index in [-0.39, 0.29) is 11.9 Å². The Balaban J connectivity index is 3.84. The molecule has 1 N–H and O–H groups in total. The fourth-order valence-electron chi connectivity index (χ4n) is 0.331. The maximum atomic E-state index is 10.4. The number of rotatable bonds is 1. The summed E-state index contributed by atoms with van der Waals surface area (Å²) in [6.45, 7) is 4.40. The predicted octanol–water partition coefficient (Wildman–Crippen LogP) is -0.260. The molecule has 0 aromatic heterocycles. The fraction of sp³-hybridized carbons (Fsp3) is 0.400. The Labute approximate surface area is 58.8 Å². The lowest BCUT2D eigenvalue weighted by molar-refractivity contribution is -0.117. The van der Waals surface area contributed by atoms with E-state index in [4.69, 9.17) is 0 Å². The maximum Gasteiger partial charge on any atom is 0.321 e. The molecule has 0 unspecified atom stereocenters. The Morgan fingerprint density at radius 1 is 1.70 bits per heavy atom. The zero-order valence-electron chi connectivity index (χ0n) is 5.92. The van der Waals surface area contributed by atoms with Gasteiger partial charge < -0.3 is 4.84 Å². The molecule has 0 aliphatic heterocycles. The van der Waals surface area contributed by atoms with E-state index in [1.54, 1.807) is 0 Å². The summed E-state index contributed by atoms with van der Waals surface area (Å²) in [5, 5.41) is 5.35. The number of nitrogens with zero attached hydrogens (tertiary/aromatic N) is 2. The van der Waals surface area contributed by atoms with Crippen molar-refractivity contribution in [3.05, 3.63) is 0 Å². The molecule has 0 aromatic rings. The van der Waals surface area contributed by atoms with Gasteiger partial charge in [0.2, 0.25) is 5.91 Å². The van der Waals surface area contributed by atoms with Crippen LogP contribution in [-0.4, -0.2) is 25.7 Å². The molecule has 0 aromatic carbocycles. The van der Waals surface area contributed by atoms with Gasteiger partial charge in [0.05, 0.1) is 0 Å². The van der Waals surface area contributed by atoms with Gasteiger partial charge in [-0.3, -0.25) is 10.1 Å². The number of hydrogen-bond donors (Lipinski definition) is 1. The molecule has 0 aliphatic rings. The fourth-order valence-corrected chi connectivity index (χ4v) is 0.331. The number of amidine groups is 1. The quantitative estimate of drug-likeness (QED) is 0.312. The van der Waals surface area contributed by atoms with Gasteiger partial charge in [-0.15, -0.1) is 0 Å². The topological polar surface area (TPSA) is 63.1 Å². The maximum absolute atomic E-state index is 10.4. The summed E-state index contributed by atoms with van der Waals surface area (Å²) in [5.41, 5.74) is 0. The first kappa shape index (κ1) is 8.61. The summed E-state index contributed by atoms with van der Waals surface area (Å²) in [5.74, 6) is -0.260. The van der Waals surface area contributed by atoms with Crippen LogP contribution in [0, 0.1) is 0 Å². The van der Waals surface area contributed by atoms with Crippen LogP contribution >= 0.6 is 0 Å². The molecule has 0 atom stereocenters. The van der Waals surface area contributed by atoms with Gasteiger partial charge in [0.1, 0.15) is 0 Å². The van der Waals surface area contributed by atoms with Gasteiger partial charge in [-0.2, -0.15) is 0 Å². The number of aliphatic imine (C=N–C) groups is 1. The summed E-state index contributed by atoms with van der Waals surface area (Å²) >= 11 is 0. The Hall–Kier alpha value is -1.39. The molecule has 0 rings (SSSR count). The van der Waals surface area contributed by atoms with Crippen LogP contribution in [0.3, 0.4) is 0 Å². The van der Waals surface area contributed by atoms with Crippen molar-refractivity contribution in [3.8, 4) is 0 Å². The normalized spacial score (nSPS) is 10.4.